The van der Waals surface area contributed by atoms with Crippen molar-refractivity contribution >= 4 is 70.5 Å². The molecule has 0 bridgehead atoms. The minimum Gasteiger partial charge on any atom is -0.456 e. The van der Waals surface area contributed by atoms with Gasteiger partial charge in [-0.25, -0.2) is 0 Å². The molecule has 0 N–H and O–H groups in total. The first kappa shape index (κ1) is 33.0. The fourth-order valence-electron chi connectivity index (χ4n) is 9.60. The van der Waals surface area contributed by atoms with E-state index < -0.39 is 5.41 Å². The summed E-state index contributed by atoms with van der Waals surface area (Å²) in [6.45, 7) is 0. The average molecular weight is 758 g/mol. The number of thiophene rings is 1. The molecular formula is C55H35NOS. The van der Waals surface area contributed by atoms with Crippen LogP contribution in [0.3, 0.4) is 0 Å². The maximum absolute atomic E-state index is 6.41. The second kappa shape index (κ2) is 12.9. The van der Waals surface area contributed by atoms with Crippen LogP contribution in [0.4, 0.5) is 17.1 Å². The number of nitrogens with zero attached hydrogens (tertiary/aromatic N) is 1. The first-order valence-corrected chi connectivity index (χ1v) is 20.6. The van der Waals surface area contributed by atoms with Crippen LogP contribution < -0.4 is 4.90 Å². The van der Waals surface area contributed by atoms with Crippen LogP contribution in [0.25, 0.3) is 64.4 Å². The third-order valence-electron chi connectivity index (χ3n) is 12.2. The molecule has 0 radical (unpaired) electrons. The van der Waals surface area contributed by atoms with Gasteiger partial charge in [0, 0.05) is 54.1 Å². The van der Waals surface area contributed by atoms with Crippen molar-refractivity contribution in [3.05, 3.63) is 235 Å². The van der Waals surface area contributed by atoms with E-state index in [1.54, 1.807) is 0 Å². The summed E-state index contributed by atoms with van der Waals surface area (Å²) < 4.78 is 8.98. The molecule has 272 valence electrons. The van der Waals surface area contributed by atoms with Gasteiger partial charge in [-0.15, -0.1) is 11.3 Å². The summed E-state index contributed by atoms with van der Waals surface area (Å²) in [7, 11) is 0. The Morgan fingerprint density at radius 1 is 0.362 bits per heavy atom. The van der Waals surface area contributed by atoms with E-state index in [-0.39, 0.29) is 0 Å². The molecule has 12 rings (SSSR count). The van der Waals surface area contributed by atoms with Crippen LogP contribution in [-0.2, 0) is 5.41 Å². The van der Waals surface area contributed by atoms with E-state index in [1.165, 1.54) is 64.7 Å². The number of rotatable bonds is 6. The SMILES string of the molecule is c1ccc(C2(c3cccc(-c4ccc(N(c5ccc6c(c5)oc5ccccc56)c5ccc6c(c5)sc5ccccc56)cc4)c3)c3ccccc3-c3ccccc32)cc1. The predicted molar refractivity (Wildman–Crippen MR) is 244 cm³/mol. The van der Waals surface area contributed by atoms with E-state index in [0.717, 1.165) is 39.0 Å². The van der Waals surface area contributed by atoms with Crippen molar-refractivity contribution in [2.45, 2.75) is 5.41 Å². The van der Waals surface area contributed by atoms with E-state index in [0.29, 0.717) is 0 Å². The van der Waals surface area contributed by atoms with Crippen molar-refractivity contribution < 1.29 is 4.42 Å². The Hall–Kier alpha value is -7.20. The Labute approximate surface area is 340 Å². The van der Waals surface area contributed by atoms with Crippen molar-refractivity contribution in [1.29, 1.82) is 0 Å². The van der Waals surface area contributed by atoms with E-state index in [1.807, 2.05) is 23.5 Å². The van der Waals surface area contributed by atoms with E-state index >= 15 is 0 Å². The lowest BCUT2D eigenvalue weighted by Crippen LogP contribution is -2.28. The number of fused-ring (bicyclic) bond motifs is 9. The minimum atomic E-state index is -0.443. The van der Waals surface area contributed by atoms with Crippen molar-refractivity contribution in [3.63, 3.8) is 0 Å². The van der Waals surface area contributed by atoms with Crippen LogP contribution in [-0.4, -0.2) is 0 Å². The highest BCUT2D eigenvalue weighted by Gasteiger charge is 2.45. The highest BCUT2D eigenvalue weighted by atomic mass is 32.1. The zero-order valence-electron chi connectivity index (χ0n) is 31.5. The van der Waals surface area contributed by atoms with Gasteiger partial charge in [-0.05, 0) is 99.1 Å². The fourth-order valence-corrected chi connectivity index (χ4v) is 10.7. The van der Waals surface area contributed by atoms with Gasteiger partial charge in [0.15, 0.2) is 0 Å². The third-order valence-corrected chi connectivity index (χ3v) is 13.3. The lowest BCUT2D eigenvalue weighted by atomic mass is 9.67. The maximum atomic E-state index is 6.41. The molecule has 58 heavy (non-hydrogen) atoms. The van der Waals surface area contributed by atoms with Gasteiger partial charge >= 0.3 is 0 Å². The molecule has 3 heteroatoms. The van der Waals surface area contributed by atoms with Crippen LogP contribution in [0.2, 0.25) is 0 Å². The van der Waals surface area contributed by atoms with Gasteiger partial charge in [0.2, 0.25) is 0 Å². The first-order valence-electron chi connectivity index (χ1n) is 19.8. The van der Waals surface area contributed by atoms with Gasteiger partial charge in [-0.1, -0.05) is 152 Å². The molecule has 0 fully saturated rings. The van der Waals surface area contributed by atoms with Gasteiger partial charge in [-0.2, -0.15) is 0 Å². The number of para-hydroxylation sites is 1. The largest absolute Gasteiger partial charge is 0.456 e. The number of furan rings is 1. The molecule has 1 aliphatic carbocycles. The number of hydrogen-bond acceptors (Lipinski definition) is 3. The van der Waals surface area contributed by atoms with Crippen LogP contribution in [0.5, 0.6) is 0 Å². The summed E-state index contributed by atoms with van der Waals surface area (Å²) in [6, 6.07) is 77.5. The van der Waals surface area contributed by atoms with Crippen LogP contribution in [0, 0.1) is 0 Å². The first-order chi connectivity index (χ1) is 28.7. The maximum Gasteiger partial charge on any atom is 0.137 e. The highest BCUT2D eigenvalue weighted by Crippen LogP contribution is 2.56. The molecule has 2 aromatic heterocycles. The monoisotopic (exact) mass is 757 g/mol. The molecule has 1 aliphatic rings. The van der Waals surface area contributed by atoms with Gasteiger partial charge in [0.05, 0.1) is 5.41 Å². The number of anilines is 3. The van der Waals surface area contributed by atoms with E-state index in [4.69, 9.17) is 4.42 Å². The lowest BCUT2D eigenvalue weighted by Gasteiger charge is -2.34. The molecule has 9 aromatic carbocycles. The molecule has 0 unspecified atom stereocenters. The minimum absolute atomic E-state index is 0.443. The van der Waals surface area contributed by atoms with Gasteiger partial charge in [-0.3, -0.25) is 0 Å². The molecule has 0 saturated carbocycles. The molecule has 0 saturated heterocycles. The molecular weight excluding hydrogens is 723 g/mol. The Morgan fingerprint density at radius 3 is 1.74 bits per heavy atom. The lowest BCUT2D eigenvalue weighted by molar-refractivity contribution is 0.669. The summed E-state index contributed by atoms with van der Waals surface area (Å²) in [5.41, 5.74) is 14.7. The van der Waals surface area contributed by atoms with Crippen LogP contribution >= 0.6 is 11.3 Å². The standard InChI is InChI=1S/C55H35NOS/c1-2-14-38(15-3-1)55(49-21-8-4-17-43(49)44-18-5-9-22-50(44)55)39-16-12-13-37(33-39)36-25-27-40(28-26-36)56(41-29-31-46-45-19-6-10-23-51(45)57-52(46)34-41)42-30-32-48-47-20-7-11-24-53(47)58-54(48)35-42/h1-35H. The zero-order chi connectivity index (χ0) is 38.2. The fraction of sp³-hybridized carbons (Fsp3) is 0.0182. The number of benzene rings is 9. The van der Waals surface area contributed by atoms with E-state index in [9.17, 15) is 0 Å². The van der Waals surface area contributed by atoms with Crippen molar-refractivity contribution in [2.75, 3.05) is 4.90 Å². The highest BCUT2D eigenvalue weighted by molar-refractivity contribution is 7.25. The van der Waals surface area contributed by atoms with Crippen LogP contribution in [0.15, 0.2) is 217 Å². The Bertz CT molecular complexity index is 3200. The predicted octanol–water partition coefficient (Wildman–Crippen LogP) is 15.5. The summed E-state index contributed by atoms with van der Waals surface area (Å²) >= 11 is 1.84. The summed E-state index contributed by atoms with van der Waals surface area (Å²) in [6.07, 6.45) is 0. The topological polar surface area (TPSA) is 16.4 Å². The second-order valence-corrected chi connectivity index (χ2v) is 16.3. The number of hydrogen-bond donors (Lipinski definition) is 0. The molecule has 0 spiro atoms. The third kappa shape index (κ3) is 4.90. The van der Waals surface area contributed by atoms with Gasteiger partial charge in [0.1, 0.15) is 11.2 Å². The normalized spacial score (nSPS) is 13.0. The molecule has 2 nitrogen and oxygen atoms in total. The second-order valence-electron chi connectivity index (χ2n) is 15.2. The summed E-state index contributed by atoms with van der Waals surface area (Å²) in [5, 5.41) is 4.84. The zero-order valence-corrected chi connectivity index (χ0v) is 32.3. The molecule has 0 amide bonds. The van der Waals surface area contributed by atoms with Crippen molar-refractivity contribution in [3.8, 4) is 22.3 Å². The molecule has 0 atom stereocenters. The van der Waals surface area contributed by atoms with Gasteiger partial charge in [0.25, 0.3) is 0 Å². The van der Waals surface area contributed by atoms with Gasteiger partial charge < -0.3 is 9.32 Å². The quantitative estimate of drug-likeness (QED) is 0.168. The van der Waals surface area contributed by atoms with Crippen molar-refractivity contribution in [1.82, 2.24) is 0 Å². The van der Waals surface area contributed by atoms with E-state index in [2.05, 4.69) is 205 Å². The molecule has 0 aliphatic heterocycles. The summed E-state index contributed by atoms with van der Waals surface area (Å²) in [4.78, 5) is 2.35. The summed E-state index contributed by atoms with van der Waals surface area (Å²) in [5.74, 6) is 0. The Balaban J connectivity index is 0.995. The molecule has 2 heterocycles. The van der Waals surface area contributed by atoms with Crippen molar-refractivity contribution in [2.24, 2.45) is 0 Å². The van der Waals surface area contributed by atoms with Crippen LogP contribution in [0.1, 0.15) is 22.3 Å². The Kier molecular flexibility index (Phi) is 7.35. The molecule has 11 aromatic rings. The average Bonchev–Trinajstić information content (AvgIpc) is 3.95. The Morgan fingerprint density at radius 2 is 0.948 bits per heavy atom. The smallest absolute Gasteiger partial charge is 0.137 e.